The number of ether oxygens (including phenoxy) is 3. The van der Waals surface area contributed by atoms with Gasteiger partial charge in [-0.3, -0.25) is 0 Å². The van der Waals surface area contributed by atoms with E-state index in [1.165, 1.54) is 0 Å². The molecule has 0 amide bonds. The van der Waals surface area contributed by atoms with Crippen molar-refractivity contribution in [2.24, 2.45) is 0 Å². The predicted octanol–water partition coefficient (Wildman–Crippen LogP) is 4.96. The summed E-state index contributed by atoms with van der Waals surface area (Å²) in [4.78, 5) is 12.0. The van der Waals surface area contributed by atoms with Crippen molar-refractivity contribution in [3.8, 4) is 11.8 Å². The molecule has 0 saturated carbocycles. The van der Waals surface area contributed by atoms with Gasteiger partial charge in [-0.2, -0.15) is 0 Å². The van der Waals surface area contributed by atoms with Crippen molar-refractivity contribution in [1.29, 1.82) is 0 Å². The normalized spacial score (nSPS) is 32.3. The molecule has 6 heteroatoms. The minimum Gasteiger partial charge on any atom is -0.453 e. The lowest BCUT2D eigenvalue weighted by Gasteiger charge is -2.39. The molecule has 0 bridgehead atoms. The number of rotatable bonds is 2. The molecule has 2 aliphatic heterocycles. The average Bonchev–Trinajstić information content (AvgIpc) is 2.84. The van der Waals surface area contributed by atoms with E-state index in [9.17, 15) is 4.79 Å². The highest BCUT2D eigenvalue weighted by Crippen LogP contribution is 2.39. The lowest BCUT2D eigenvalue weighted by Crippen LogP contribution is -2.44. The molecule has 0 aromatic heterocycles. The second-order valence-corrected chi connectivity index (χ2v) is 14.9. The number of hydrogen-bond acceptors (Lipinski definition) is 5. The van der Waals surface area contributed by atoms with Crippen LogP contribution in [0.15, 0.2) is 12.2 Å². The highest BCUT2D eigenvalue weighted by Gasteiger charge is 2.42. The van der Waals surface area contributed by atoms with E-state index in [0.717, 1.165) is 12.8 Å². The van der Waals surface area contributed by atoms with Crippen LogP contribution < -0.4 is 0 Å². The third-order valence-corrected chi connectivity index (χ3v) is 10.4. The third kappa shape index (κ3) is 7.25. The monoisotopic (exact) mass is 422 g/mol. The minimum absolute atomic E-state index is 0.0273. The molecule has 0 spiro atoms. The average molecular weight is 423 g/mol. The van der Waals surface area contributed by atoms with Crippen LogP contribution in [0.4, 0.5) is 0 Å². The summed E-state index contributed by atoms with van der Waals surface area (Å²) in [5.41, 5.74) is 0. The van der Waals surface area contributed by atoms with Gasteiger partial charge < -0.3 is 18.6 Å². The predicted molar refractivity (Wildman–Crippen MR) is 117 cm³/mol. The topological polar surface area (TPSA) is 54.0 Å². The number of carbonyl (C=O) groups is 1. The maximum Gasteiger partial charge on any atom is 0.384 e. The van der Waals surface area contributed by atoms with Gasteiger partial charge in [0.05, 0.1) is 12.2 Å². The molecule has 0 aromatic rings. The second kappa shape index (κ2) is 9.34. The molecule has 2 rings (SSSR count). The Morgan fingerprint density at radius 2 is 1.90 bits per heavy atom. The van der Waals surface area contributed by atoms with Crippen molar-refractivity contribution in [1.82, 2.24) is 0 Å². The van der Waals surface area contributed by atoms with E-state index in [-0.39, 0.29) is 29.5 Å². The van der Waals surface area contributed by atoms with Gasteiger partial charge in [0.15, 0.2) is 14.1 Å². The Bertz CT molecular complexity index is 665. The fourth-order valence-corrected chi connectivity index (χ4v) is 4.69. The van der Waals surface area contributed by atoms with Gasteiger partial charge in [-0.15, -0.1) is 0 Å². The highest BCUT2D eigenvalue weighted by molar-refractivity contribution is 6.74. The largest absolute Gasteiger partial charge is 0.453 e. The van der Waals surface area contributed by atoms with Crippen molar-refractivity contribution >= 4 is 14.3 Å². The van der Waals surface area contributed by atoms with Crippen LogP contribution >= 0.6 is 0 Å². The summed E-state index contributed by atoms with van der Waals surface area (Å²) in [7, 11) is -1.96. The molecule has 1 unspecified atom stereocenters. The first-order valence-corrected chi connectivity index (χ1v) is 13.6. The summed E-state index contributed by atoms with van der Waals surface area (Å²) in [5, 5.41) is 0.105. The Morgan fingerprint density at radius 3 is 2.55 bits per heavy atom. The summed E-state index contributed by atoms with van der Waals surface area (Å²) in [6.45, 7) is 16.9. The van der Waals surface area contributed by atoms with Gasteiger partial charge in [-0.1, -0.05) is 38.8 Å². The molecule has 0 aromatic carbocycles. The number of carbonyl (C=O) groups excluding carboxylic acids is 1. The molecule has 2 aliphatic rings. The number of fused-ring (bicyclic) bond motifs is 1. The Kier molecular flexibility index (Phi) is 7.78. The van der Waals surface area contributed by atoms with Crippen molar-refractivity contribution < 1.29 is 23.4 Å². The van der Waals surface area contributed by atoms with E-state index in [1.54, 1.807) is 0 Å². The Balaban J connectivity index is 2.22. The lowest BCUT2D eigenvalue weighted by molar-refractivity contribution is -0.144. The van der Waals surface area contributed by atoms with Gasteiger partial charge in [-0.05, 0) is 51.7 Å². The Hall–Kier alpha value is -1.13. The van der Waals surface area contributed by atoms with E-state index in [1.807, 2.05) is 32.9 Å². The van der Waals surface area contributed by atoms with Crippen LogP contribution in [0, 0.1) is 11.8 Å². The number of esters is 1. The molecule has 0 aliphatic carbocycles. The first-order valence-electron chi connectivity index (χ1n) is 10.7. The van der Waals surface area contributed by atoms with Crippen LogP contribution in [0.3, 0.4) is 0 Å². The molecule has 0 radical (unpaired) electrons. The van der Waals surface area contributed by atoms with E-state index in [4.69, 9.17) is 18.6 Å². The zero-order valence-electron chi connectivity index (χ0n) is 19.3. The lowest BCUT2D eigenvalue weighted by atomic mass is 10.0. The standard InChI is InChI=1S/C23H38O5Si/c1-17-11-9-13-19-20(27-23(5,6)26-19)16-15-18(12-10-14-21(24)25-17)28-29(7,8)22(2,3)4/h9,13,17-20H,11-12,15-16H2,1-8H3/b13-9+/t17-,18?,19+,20-/m0/s1. The minimum atomic E-state index is -1.96. The van der Waals surface area contributed by atoms with E-state index in [2.05, 4.69) is 45.7 Å². The quantitative estimate of drug-likeness (QED) is 0.207. The zero-order chi connectivity index (χ0) is 21.9. The fraction of sp³-hybridized carbons (Fsp3) is 0.783. The first-order chi connectivity index (χ1) is 13.3. The van der Waals surface area contributed by atoms with Gasteiger partial charge in [0, 0.05) is 18.8 Å². The summed E-state index contributed by atoms with van der Waals surface area (Å²) in [5.74, 6) is 4.53. The molecule has 1 fully saturated rings. The van der Waals surface area contributed by atoms with Gasteiger partial charge >= 0.3 is 5.97 Å². The second-order valence-electron chi connectivity index (χ2n) is 10.1. The number of cyclic esters (lactones) is 1. The maximum atomic E-state index is 12.0. The smallest absolute Gasteiger partial charge is 0.384 e. The summed E-state index contributed by atoms with van der Waals surface area (Å²) in [6, 6.07) is 0. The molecule has 29 heavy (non-hydrogen) atoms. The van der Waals surface area contributed by atoms with Crippen LogP contribution in [0.25, 0.3) is 0 Å². The van der Waals surface area contributed by atoms with Crippen molar-refractivity contribution in [2.45, 2.75) is 116 Å². The van der Waals surface area contributed by atoms with Crippen molar-refractivity contribution in [3.63, 3.8) is 0 Å². The molecular weight excluding hydrogens is 384 g/mol. The Labute approximate surface area is 177 Å². The van der Waals surface area contributed by atoms with Gasteiger partial charge in [-0.25, -0.2) is 4.79 Å². The zero-order valence-corrected chi connectivity index (χ0v) is 20.3. The molecule has 1 saturated heterocycles. The molecule has 5 nitrogen and oxygen atoms in total. The Morgan fingerprint density at radius 1 is 1.21 bits per heavy atom. The van der Waals surface area contributed by atoms with Crippen molar-refractivity contribution in [2.75, 3.05) is 0 Å². The summed E-state index contributed by atoms with van der Waals surface area (Å²) >= 11 is 0. The summed E-state index contributed by atoms with van der Waals surface area (Å²) in [6.07, 6.45) is 6.37. The van der Waals surface area contributed by atoms with Crippen LogP contribution in [-0.4, -0.2) is 44.5 Å². The van der Waals surface area contributed by atoms with Crippen LogP contribution in [0.2, 0.25) is 18.1 Å². The van der Waals surface area contributed by atoms with Crippen molar-refractivity contribution in [3.05, 3.63) is 12.2 Å². The molecular formula is C23H38O5Si. The summed E-state index contributed by atoms with van der Waals surface area (Å²) < 4.78 is 24.2. The van der Waals surface area contributed by atoms with Crippen LogP contribution in [-0.2, 0) is 23.4 Å². The van der Waals surface area contributed by atoms with Crippen LogP contribution in [0.5, 0.6) is 0 Å². The van der Waals surface area contributed by atoms with Gasteiger partial charge in [0.1, 0.15) is 12.2 Å². The molecule has 0 N–H and O–H groups in total. The third-order valence-electron chi connectivity index (χ3n) is 5.88. The molecule has 2 heterocycles. The maximum absolute atomic E-state index is 12.0. The van der Waals surface area contributed by atoms with Gasteiger partial charge in [0.2, 0.25) is 0 Å². The fourth-order valence-electron chi connectivity index (χ4n) is 3.30. The first kappa shape index (κ1) is 24.1. The SMILES string of the molecule is C[C@H]1C/C=C/[C@H]2OC(C)(C)O[C@H]2CCC(O[Si](C)(C)C(C)(C)C)CC#CC(=O)O1. The number of hydrogen-bond donors (Lipinski definition) is 0. The van der Waals surface area contributed by atoms with Crippen LogP contribution in [0.1, 0.15) is 67.2 Å². The highest BCUT2D eigenvalue weighted by atomic mass is 28.4. The molecule has 164 valence electrons. The molecule has 4 atom stereocenters. The van der Waals surface area contributed by atoms with Gasteiger partial charge in [0.25, 0.3) is 0 Å². The van der Waals surface area contributed by atoms with E-state index < -0.39 is 20.1 Å². The van der Waals surface area contributed by atoms with E-state index in [0.29, 0.717) is 12.8 Å². The van der Waals surface area contributed by atoms with E-state index >= 15 is 0 Å².